The van der Waals surface area contributed by atoms with E-state index in [9.17, 15) is 8.42 Å². The molecule has 2 rings (SSSR count). The van der Waals surface area contributed by atoms with Crippen LogP contribution in [0.2, 0.25) is 5.02 Å². The summed E-state index contributed by atoms with van der Waals surface area (Å²) in [4.78, 5) is 0. The maximum absolute atomic E-state index is 11.8. The molecule has 1 aromatic rings. The van der Waals surface area contributed by atoms with E-state index in [0.29, 0.717) is 18.4 Å². The van der Waals surface area contributed by atoms with Crippen molar-refractivity contribution in [3.05, 3.63) is 28.8 Å². The number of rotatable bonds is 3. The molecule has 0 N–H and O–H groups in total. The van der Waals surface area contributed by atoms with E-state index in [1.54, 1.807) is 0 Å². The molecule has 1 saturated carbocycles. The van der Waals surface area contributed by atoms with Crippen LogP contribution in [0.1, 0.15) is 18.4 Å². The van der Waals surface area contributed by atoms with E-state index in [1.165, 1.54) is 18.2 Å². The van der Waals surface area contributed by atoms with Gasteiger partial charge in [-0.2, -0.15) is 13.7 Å². The van der Waals surface area contributed by atoms with Gasteiger partial charge in [0.25, 0.3) is 0 Å². The van der Waals surface area contributed by atoms with Crippen LogP contribution in [0, 0.1) is 11.3 Å². The summed E-state index contributed by atoms with van der Waals surface area (Å²) in [5, 5.41) is 8.75. The van der Waals surface area contributed by atoms with Crippen LogP contribution in [-0.4, -0.2) is 12.1 Å². The molecule has 1 aliphatic carbocycles. The Morgan fingerprint density at radius 3 is 2.59 bits per heavy atom. The third-order valence-corrected chi connectivity index (χ3v) is 6.33. The van der Waals surface area contributed by atoms with Crippen molar-refractivity contribution in [2.75, 3.05) is 0 Å². The van der Waals surface area contributed by atoms with Gasteiger partial charge in [-0.3, -0.25) is 0 Å². The van der Waals surface area contributed by atoms with E-state index >= 15 is 0 Å². The molecular weight excluding hydrogens is 330 g/mol. The number of halogens is 2. The number of nitriles is 1. The van der Waals surface area contributed by atoms with Gasteiger partial charge in [0, 0.05) is 0 Å². The van der Waals surface area contributed by atoms with Crippen molar-refractivity contribution < 1.29 is 12.6 Å². The third-order valence-electron chi connectivity index (χ3n) is 2.35. The zero-order valence-electron chi connectivity index (χ0n) is 8.48. The highest BCUT2D eigenvalue weighted by Crippen LogP contribution is 2.50. The highest BCUT2D eigenvalue weighted by Gasteiger charge is 2.54. The molecule has 0 atom stereocenters. The standard InChI is InChI=1S/C10H7BrClNO3S/c11-10(3-4-10)17(14,15)16-9-2-1-7(6-13)5-8(9)12/h1-2,5H,3-4H2. The molecule has 1 fully saturated rings. The van der Waals surface area contributed by atoms with Crippen LogP contribution in [0.4, 0.5) is 0 Å². The molecule has 1 aromatic carbocycles. The normalized spacial score (nSPS) is 17.2. The van der Waals surface area contributed by atoms with Crippen molar-refractivity contribution in [1.29, 1.82) is 5.26 Å². The van der Waals surface area contributed by atoms with Gasteiger partial charge in [0.1, 0.15) is 0 Å². The van der Waals surface area contributed by atoms with Crippen molar-refractivity contribution in [2.45, 2.75) is 16.5 Å². The van der Waals surface area contributed by atoms with E-state index < -0.39 is 13.8 Å². The summed E-state index contributed by atoms with van der Waals surface area (Å²) in [6.07, 6.45) is 1.03. The van der Waals surface area contributed by atoms with Gasteiger partial charge in [-0.25, -0.2) is 0 Å². The van der Waals surface area contributed by atoms with Crippen molar-refractivity contribution in [3.8, 4) is 11.8 Å². The molecule has 0 aromatic heterocycles. The lowest BCUT2D eigenvalue weighted by atomic mass is 10.2. The first-order valence-electron chi connectivity index (χ1n) is 4.70. The van der Waals surface area contributed by atoms with Gasteiger partial charge in [0.05, 0.1) is 16.7 Å². The quantitative estimate of drug-likeness (QED) is 0.629. The Morgan fingerprint density at radius 2 is 2.12 bits per heavy atom. The van der Waals surface area contributed by atoms with Gasteiger partial charge in [-0.05, 0) is 31.0 Å². The summed E-state index contributed by atoms with van der Waals surface area (Å²) in [6, 6.07) is 6.08. The van der Waals surface area contributed by atoms with Crippen LogP contribution in [0.3, 0.4) is 0 Å². The van der Waals surface area contributed by atoms with E-state index in [-0.39, 0.29) is 10.8 Å². The number of hydrogen-bond donors (Lipinski definition) is 0. The Kier molecular flexibility index (Phi) is 3.10. The summed E-state index contributed by atoms with van der Waals surface area (Å²) in [6.45, 7) is 0. The van der Waals surface area contributed by atoms with Gasteiger partial charge in [0.2, 0.25) is 0 Å². The highest BCUT2D eigenvalue weighted by molar-refractivity contribution is 9.11. The van der Waals surface area contributed by atoms with E-state index in [2.05, 4.69) is 15.9 Å². The molecule has 90 valence electrons. The molecule has 0 unspecified atom stereocenters. The van der Waals surface area contributed by atoms with Crippen LogP contribution in [0.25, 0.3) is 0 Å². The predicted octanol–water partition coefficient (Wildman–Crippen LogP) is 2.81. The smallest absolute Gasteiger partial charge is 0.325 e. The molecule has 0 radical (unpaired) electrons. The highest BCUT2D eigenvalue weighted by atomic mass is 79.9. The fourth-order valence-electron chi connectivity index (χ4n) is 1.18. The van der Waals surface area contributed by atoms with Crippen LogP contribution < -0.4 is 4.18 Å². The minimum atomic E-state index is -3.73. The Hall–Kier alpha value is -0.770. The molecule has 4 nitrogen and oxygen atoms in total. The topological polar surface area (TPSA) is 67.2 Å². The van der Waals surface area contributed by atoms with Gasteiger partial charge in [-0.1, -0.05) is 27.5 Å². The summed E-state index contributed by atoms with van der Waals surface area (Å²) in [7, 11) is -3.73. The van der Waals surface area contributed by atoms with E-state index in [1.807, 2.05) is 6.07 Å². The number of alkyl halides is 1. The molecule has 17 heavy (non-hydrogen) atoms. The lowest BCUT2D eigenvalue weighted by Crippen LogP contribution is -2.22. The first-order valence-corrected chi connectivity index (χ1v) is 7.28. The maximum atomic E-state index is 11.8. The molecular formula is C10H7BrClNO3S. The van der Waals surface area contributed by atoms with Crippen LogP contribution in [0.15, 0.2) is 18.2 Å². The average Bonchev–Trinajstić information content (AvgIpc) is 3.01. The lowest BCUT2D eigenvalue weighted by Gasteiger charge is -2.11. The largest absolute Gasteiger partial charge is 0.380 e. The summed E-state index contributed by atoms with van der Waals surface area (Å²) in [5.74, 6) is 0.0383. The number of nitrogens with zero attached hydrogens (tertiary/aromatic N) is 1. The molecule has 1 aliphatic rings. The Bertz CT molecular complexity index is 604. The second-order valence-electron chi connectivity index (χ2n) is 3.68. The van der Waals surface area contributed by atoms with Crippen LogP contribution >= 0.6 is 27.5 Å². The van der Waals surface area contributed by atoms with Crippen molar-refractivity contribution in [2.24, 2.45) is 0 Å². The maximum Gasteiger partial charge on any atom is 0.325 e. The lowest BCUT2D eigenvalue weighted by molar-refractivity contribution is 0.482. The molecule has 0 heterocycles. The molecule has 0 saturated heterocycles. The minimum Gasteiger partial charge on any atom is -0.380 e. The van der Waals surface area contributed by atoms with Gasteiger partial charge >= 0.3 is 10.1 Å². The molecule has 0 bridgehead atoms. The average molecular weight is 337 g/mol. The van der Waals surface area contributed by atoms with E-state index in [0.717, 1.165) is 0 Å². The summed E-state index contributed by atoms with van der Waals surface area (Å²) >= 11 is 8.94. The molecule has 7 heteroatoms. The van der Waals surface area contributed by atoms with Gasteiger partial charge in [-0.15, -0.1) is 0 Å². The SMILES string of the molecule is N#Cc1ccc(OS(=O)(=O)C2(Br)CC2)c(Cl)c1. The van der Waals surface area contributed by atoms with E-state index in [4.69, 9.17) is 21.0 Å². The Balaban J connectivity index is 2.29. The van der Waals surface area contributed by atoms with Crippen LogP contribution in [0.5, 0.6) is 5.75 Å². The first-order chi connectivity index (χ1) is 7.88. The zero-order valence-corrected chi connectivity index (χ0v) is 11.6. The zero-order chi connectivity index (χ0) is 12.7. The summed E-state index contributed by atoms with van der Waals surface area (Å²) < 4.78 is 27.6. The van der Waals surface area contributed by atoms with Gasteiger partial charge in [0.15, 0.2) is 9.41 Å². The first kappa shape index (κ1) is 12.7. The number of benzene rings is 1. The van der Waals surface area contributed by atoms with Crippen molar-refractivity contribution >= 4 is 37.6 Å². The Morgan fingerprint density at radius 1 is 1.47 bits per heavy atom. The second kappa shape index (κ2) is 4.16. The fraction of sp³-hybridized carbons (Fsp3) is 0.300. The number of hydrogen-bond acceptors (Lipinski definition) is 4. The van der Waals surface area contributed by atoms with Crippen molar-refractivity contribution in [3.63, 3.8) is 0 Å². The second-order valence-corrected chi connectivity index (χ2v) is 7.98. The summed E-state index contributed by atoms with van der Waals surface area (Å²) in [5.41, 5.74) is 0.347. The third kappa shape index (κ3) is 2.41. The molecule has 0 aliphatic heterocycles. The monoisotopic (exact) mass is 335 g/mol. The Labute approximate surface area is 112 Å². The molecule has 0 spiro atoms. The van der Waals surface area contributed by atoms with Crippen molar-refractivity contribution in [1.82, 2.24) is 0 Å². The van der Waals surface area contributed by atoms with Crippen LogP contribution in [-0.2, 0) is 10.1 Å². The predicted molar refractivity (Wildman–Crippen MR) is 66.6 cm³/mol. The van der Waals surface area contributed by atoms with Gasteiger partial charge < -0.3 is 4.18 Å². The molecule has 0 amide bonds. The fourth-order valence-corrected chi connectivity index (χ4v) is 2.97. The minimum absolute atomic E-state index is 0.0383.